The summed E-state index contributed by atoms with van der Waals surface area (Å²) in [5.74, 6) is 0.316. The Kier molecular flexibility index (Phi) is 9.33. The van der Waals surface area contributed by atoms with Crippen LogP contribution in [0.5, 0.6) is 5.75 Å². The lowest BCUT2D eigenvalue weighted by atomic mass is 10.1. The molecule has 3 amide bonds. The van der Waals surface area contributed by atoms with Crippen LogP contribution in [0.2, 0.25) is 0 Å². The van der Waals surface area contributed by atoms with Crippen LogP contribution in [0, 0.1) is 13.8 Å². The largest absolute Gasteiger partial charge is 0.573 e. The van der Waals surface area contributed by atoms with Gasteiger partial charge >= 0.3 is 12.4 Å². The molecule has 9 nitrogen and oxygen atoms in total. The number of anilines is 1. The monoisotopic (exact) mass is 622 g/mol. The molecule has 1 aromatic heterocycles. The van der Waals surface area contributed by atoms with Crippen molar-refractivity contribution in [2.75, 3.05) is 17.2 Å². The number of thioether (sulfide) groups is 1. The number of hydrogen-bond donors (Lipinski definition) is 1. The summed E-state index contributed by atoms with van der Waals surface area (Å²) < 4.78 is 42.5. The fourth-order valence-electron chi connectivity index (χ4n) is 4.56. The Balaban J connectivity index is 1.08. The number of carbonyl (C=O) groups is 2. The van der Waals surface area contributed by atoms with Gasteiger partial charge in [0.2, 0.25) is 5.91 Å². The van der Waals surface area contributed by atoms with E-state index < -0.39 is 12.4 Å². The van der Waals surface area contributed by atoms with Crippen molar-refractivity contribution >= 4 is 34.6 Å². The van der Waals surface area contributed by atoms with E-state index in [0.29, 0.717) is 23.2 Å². The van der Waals surface area contributed by atoms with Crippen LogP contribution in [0.3, 0.4) is 0 Å². The third-order valence-electron chi connectivity index (χ3n) is 6.78. The lowest BCUT2D eigenvalue weighted by Gasteiger charge is -2.19. The number of benzene rings is 3. The molecular weight excluding hydrogens is 593 g/mol. The van der Waals surface area contributed by atoms with Gasteiger partial charge in [-0.15, -0.1) is 18.3 Å². The van der Waals surface area contributed by atoms with Gasteiger partial charge in [-0.05, 0) is 80.1 Å². The van der Waals surface area contributed by atoms with Gasteiger partial charge in [-0.3, -0.25) is 9.69 Å². The number of unbranched alkanes of at least 4 members (excludes halogenated alkanes) is 1. The summed E-state index contributed by atoms with van der Waals surface area (Å²) in [4.78, 5) is 35.0. The van der Waals surface area contributed by atoms with Crippen LogP contribution in [0.25, 0.3) is 17.1 Å². The first-order valence-electron chi connectivity index (χ1n) is 13.8. The van der Waals surface area contributed by atoms with Crippen molar-refractivity contribution in [2.45, 2.75) is 39.5 Å². The summed E-state index contributed by atoms with van der Waals surface area (Å²) in [6.07, 6.45) is -0.847. The lowest BCUT2D eigenvalue weighted by Crippen LogP contribution is -2.32. The average Bonchev–Trinajstić information content (AvgIpc) is 3.61. The van der Waals surface area contributed by atoms with Gasteiger partial charge in [-0.1, -0.05) is 48.2 Å². The SMILES string of the molecule is Cc1ccc(C)c(N2C(=O)CS/C2=N\C(=O)NCCCCc2ccc(-c3ncn(-c4ccc(OC(F)(F)F)cc4)n3)cc2)c1. The van der Waals surface area contributed by atoms with E-state index in [-0.39, 0.29) is 17.4 Å². The Bertz CT molecular complexity index is 1670. The molecule has 44 heavy (non-hydrogen) atoms. The molecule has 3 aromatic carbocycles. The van der Waals surface area contributed by atoms with Crippen LogP contribution in [0.15, 0.2) is 78.0 Å². The summed E-state index contributed by atoms with van der Waals surface area (Å²) >= 11 is 1.26. The topological polar surface area (TPSA) is 102 Å². The molecule has 5 rings (SSSR count). The Morgan fingerprint density at radius 2 is 1.80 bits per heavy atom. The first kappa shape index (κ1) is 30.8. The number of urea groups is 1. The molecule has 0 aliphatic carbocycles. The van der Waals surface area contributed by atoms with Crippen LogP contribution in [-0.4, -0.2) is 50.5 Å². The van der Waals surface area contributed by atoms with Crippen molar-refractivity contribution in [3.63, 3.8) is 0 Å². The molecule has 0 unspecified atom stereocenters. The highest BCUT2D eigenvalue weighted by atomic mass is 32.2. The Labute approximate surface area is 256 Å². The zero-order valence-corrected chi connectivity index (χ0v) is 24.8. The van der Waals surface area contributed by atoms with Gasteiger partial charge in [-0.25, -0.2) is 14.5 Å². The van der Waals surface area contributed by atoms with Gasteiger partial charge in [-0.2, -0.15) is 4.99 Å². The average molecular weight is 623 g/mol. The third kappa shape index (κ3) is 7.84. The molecule has 0 atom stereocenters. The smallest absolute Gasteiger partial charge is 0.406 e. The van der Waals surface area contributed by atoms with Gasteiger partial charge in [0, 0.05) is 12.1 Å². The van der Waals surface area contributed by atoms with Gasteiger partial charge in [0.05, 0.1) is 17.1 Å². The summed E-state index contributed by atoms with van der Waals surface area (Å²) in [7, 11) is 0. The van der Waals surface area contributed by atoms with E-state index >= 15 is 0 Å². The number of nitrogens with zero attached hydrogens (tertiary/aromatic N) is 5. The summed E-state index contributed by atoms with van der Waals surface area (Å²) in [5, 5.41) is 7.62. The van der Waals surface area contributed by atoms with Crippen molar-refractivity contribution in [3.05, 3.63) is 89.7 Å². The van der Waals surface area contributed by atoms with E-state index in [1.54, 1.807) is 0 Å². The predicted molar refractivity (Wildman–Crippen MR) is 163 cm³/mol. The highest BCUT2D eigenvalue weighted by Crippen LogP contribution is 2.30. The van der Waals surface area contributed by atoms with E-state index in [1.165, 1.54) is 51.9 Å². The maximum atomic E-state index is 12.5. The van der Waals surface area contributed by atoms with Gasteiger partial charge < -0.3 is 10.1 Å². The molecule has 0 spiro atoms. The molecule has 228 valence electrons. The van der Waals surface area contributed by atoms with Crippen LogP contribution in [0.4, 0.5) is 23.7 Å². The first-order chi connectivity index (χ1) is 21.1. The number of aromatic nitrogens is 3. The second kappa shape index (κ2) is 13.3. The van der Waals surface area contributed by atoms with Gasteiger partial charge in [0.15, 0.2) is 11.0 Å². The molecule has 0 bridgehead atoms. The normalized spacial score (nSPS) is 14.3. The highest BCUT2D eigenvalue weighted by molar-refractivity contribution is 8.15. The van der Waals surface area contributed by atoms with Crippen LogP contribution >= 0.6 is 11.8 Å². The van der Waals surface area contributed by atoms with E-state index in [9.17, 15) is 22.8 Å². The minimum Gasteiger partial charge on any atom is -0.406 e. The Morgan fingerprint density at radius 1 is 1.05 bits per heavy atom. The summed E-state index contributed by atoms with van der Waals surface area (Å²) in [5.41, 5.74) is 5.16. The summed E-state index contributed by atoms with van der Waals surface area (Å²) in [6, 6.07) is 18.5. The number of amidine groups is 1. The van der Waals surface area contributed by atoms with E-state index in [1.807, 2.05) is 56.3 Å². The van der Waals surface area contributed by atoms with Crippen LogP contribution in [-0.2, 0) is 11.2 Å². The number of nitrogens with one attached hydrogen (secondary N) is 1. The number of carbonyl (C=O) groups excluding carboxylic acids is 2. The second-order valence-electron chi connectivity index (χ2n) is 10.1. The van der Waals surface area contributed by atoms with Crippen molar-refractivity contribution in [1.29, 1.82) is 0 Å². The number of rotatable bonds is 9. The predicted octanol–water partition coefficient (Wildman–Crippen LogP) is 6.62. The number of amides is 3. The van der Waals surface area contributed by atoms with E-state index in [0.717, 1.165) is 47.2 Å². The van der Waals surface area contributed by atoms with E-state index in [2.05, 4.69) is 25.1 Å². The molecule has 0 radical (unpaired) electrons. The maximum absolute atomic E-state index is 12.5. The molecule has 2 heterocycles. The molecule has 1 saturated heterocycles. The first-order valence-corrected chi connectivity index (χ1v) is 14.8. The molecule has 1 aliphatic rings. The van der Waals surface area contributed by atoms with Crippen LogP contribution in [0.1, 0.15) is 29.5 Å². The molecular formula is C31H29F3N6O3S. The van der Waals surface area contributed by atoms with Crippen molar-refractivity contribution in [3.8, 4) is 22.8 Å². The zero-order chi connectivity index (χ0) is 31.3. The second-order valence-corrected chi connectivity index (χ2v) is 11.1. The molecule has 1 N–H and O–H groups in total. The van der Waals surface area contributed by atoms with Crippen molar-refractivity contribution < 1.29 is 27.5 Å². The molecule has 13 heteroatoms. The van der Waals surface area contributed by atoms with Gasteiger partial charge in [0.1, 0.15) is 12.1 Å². The quantitative estimate of drug-likeness (QED) is 0.211. The lowest BCUT2D eigenvalue weighted by molar-refractivity contribution is -0.274. The van der Waals surface area contributed by atoms with E-state index in [4.69, 9.17) is 0 Å². The molecule has 0 saturated carbocycles. The fourth-order valence-corrected chi connectivity index (χ4v) is 5.42. The highest BCUT2D eigenvalue weighted by Gasteiger charge is 2.32. The minimum atomic E-state index is -4.75. The minimum absolute atomic E-state index is 0.0986. The number of hydrogen-bond acceptors (Lipinski definition) is 6. The number of ether oxygens (including phenoxy) is 1. The third-order valence-corrected chi connectivity index (χ3v) is 7.70. The molecule has 1 fully saturated rings. The number of alkyl halides is 3. The Morgan fingerprint density at radius 3 is 2.52 bits per heavy atom. The summed E-state index contributed by atoms with van der Waals surface area (Å²) in [6.45, 7) is 4.34. The molecule has 4 aromatic rings. The van der Waals surface area contributed by atoms with Crippen molar-refractivity contribution in [1.82, 2.24) is 20.1 Å². The zero-order valence-electron chi connectivity index (χ0n) is 24.0. The number of aliphatic imine (C=N–C) groups is 1. The van der Waals surface area contributed by atoms with Crippen LogP contribution < -0.4 is 15.0 Å². The Hall–Kier alpha value is -4.65. The number of aryl methyl sites for hydroxylation is 3. The van der Waals surface area contributed by atoms with Gasteiger partial charge in [0.25, 0.3) is 0 Å². The number of halogens is 3. The standard InChI is InChI=1S/C31H29F3N6O3S/c1-20-6-7-21(2)26(17-20)40-27(41)18-44-30(40)37-29(42)35-16-4-3-5-22-8-10-23(11-9-22)28-36-19-39(38-28)24-12-14-25(15-13-24)43-31(32,33)34/h6-15,17,19H,3-5,16,18H2,1-2H3,(H,35,42)/b37-30-. The molecule has 1 aliphatic heterocycles. The maximum Gasteiger partial charge on any atom is 0.573 e. The fraction of sp³-hybridized carbons (Fsp3) is 0.258. The van der Waals surface area contributed by atoms with Crippen molar-refractivity contribution in [2.24, 2.45) is 4.99 Å².